The Morgan fingerprint density at radius 2 is 1.76 bits per heavy atom. The first-order valence-electron chi connectivity index (χ1n) is 15.8. The molecule has 4 amide bonds. The van der Waals surface area contributed by atoms with Gasteiger partial charge in [-0.05, 0) is 47.9 Å². The second kappa shape index (κ2) is 16.3. The van der Waals surface area contributed by atoms with E-state index in [4.69, 9.17) is 0 Å². The van der Waals surface area contributed by atoms with Crippen molar-refractivity contribution in [1.82, 2.24) is 26.4 Å². The molecule has 3 aromatic rings. The molecule has 49 heavy (non-hydrogen) atoms. The molecule has 1 aliphatic heterocycles. The van der Waals surface area contributed by atoms with Gasteiger partial charge in [-0.15, -0.1) is 0 Å². The summed E-state index contributed by atoms with van der Waals surface area (Å²) < 4.78 is 43.7. The normalized spacial score (nSPS) is 16.9. The molecule has 2 aromatic carbocycles. The molecule has 0 aliphatic carbocycles. The summed E-state index contributed by atoms with van der Waals surface area (Å²) in [6.07, 6.45) is -1.30. The van der Waals surface area contributed by atoms with Crippen LogP contribution in [0.1, 0.15) is 61.3 Å². The van der Waals surface area contributed by atoms with Crippen LogP contribution in [0.2, 0.25) is 0 Å². The van der Waals surface area contributed by atoms with Crippen LogP contribution in [-0.4, -0.2) is 64.5 Å². The fourth-order valence-corrected chi connectivity index (χ4v) is 5.66. The summed E-state index contributed by atoms with van der Waals surface area (Å²) in [6.45, 7) is 4.16. The number of nitrogens with zero attached hydrogens (tertiary/aromatic N) is 1. The molecule has 1 aromatic heterocycles. The number of amides is 4. The molecule has 0 bridgehead atoms. The second-order valence-electron chi connectivity index (χ2n) is 12.3. The van der Waals surface area contributed by atoms with Crippen molar-refractivity contribution in [1.29, 1.82) is 0 Å². The smallest absolute Gasteiger partial charge is 0.452 e. The van der Waals surface area contributed by atoms with Gasteiger partial charge in [-0.1, -0.05) is 67.5 Å². The van der Waals surface area contributed by atoms with Crippen LogP contribution >= 0.6 is 0 Å². The first-order chi connectivity index (χ1) is 23.2. The van der Waals surface area contributed by atoms with Crippen LogP contribution in [-0.2, 0) is 31.8 Å². The number of hydrogen-bond donors (Lipinski definition) is 5. The third-order valence-electron chi connectivity index (χ3n) is 8.02. The molecule has 15 heteroatoms. The lowest BCUT2D eigenvalue weighted by Gasteiger charge is -2.28. The van der Waals surface area contributed by atoms with E-state index < -0.39 is 65.4 Å². The van der Waals surface area contributed by atoms with E-state index in [1.807, 2.05) is 38.1 Å². The van der Waals surface area contributed by atoms with E-state index in [1.54, 1.807) is 18.2 Å². The number of carboxylic acid groups (broad SMARTS) is 1. The van der Waals surface area contributed by atoms with Crippen molar-refractivity contribution >= 4 is 40.4 Å². The Morgan fingerprint density at radius 1 is 1.04 bits per heavy atom. The number of benzene rings is 2. The molecule has 0 spiro atoms. The number of carboxylic acids is 1. The highest BCUT2D eigenvalue weighted by molar-refractivity contribution is 5.98. The van der Waals surface area contributed by atoms with Gasteiger partial charge in [-0.25, -0.2) is 4.79 Å². The quantitative estimate of drug-likeness (QED) is 0.159. The van der Waals surface area contributed by atoms with E-state index in [2.05, 4.69) is 30.9 Å². The Bertz CT molecular complexity index is 1700. The number of fused-ring (bicyclic) bond motifs is 1. The Balaban J connectivity index is 1.59. The minimum absolute atomic E-state index is 0.0975. The average molecular weight is 686 g/mol. The SMILES string of the molecule is CC(C)CC(NC(=O)C(Cc1cccc2ccccc12)NC(=O)c1cc(C(F)(F)F)on1)C(=O)NC(/C=C/C(=O)O)C[C@@H]1CCCNC1=O. The molecular formula is C34H38F3N5O7. The van der Waals surface area contributed by atoms with Crippen LogP contribution in [0, 0.1) is 11.8 Å². The van der Waals surface area contributed by atoms with E-state index in [0.29, 0.717) is 24.6 Å². The molecule has 4 rings (SSSR count). The van der Waals surface area contributed by atoms with Gasteiger partial charge in [0.15, 0.2) is 5.69 Å². The van der Waals surface area contributed by atoms with Crippen molar-refractivity contribution in [2.24, 2.45) is 11.8 Å². The highest BCUT2D eigenvalue weighted by Crippen LogP contribution is 2.29. The van der Waals surface area contributed by atoms with Crippen LogP contribution in [0.15, 0.2) is 65.2 Å². The number of hydrogen-bond acceptors (Lipinski definition) is 7. The predicted octanol–water partition coefficient (Wildman–Crippen LogP) is 3.76. The summed E-state index contributed by atoms with van der Waals surface area (Å²) >= 11 is 0. The second-order valence-corrected chi connectivity index (χ2v) is 12.3. The third kappa shape index (κ3) is 10.4. The van der Waals surface area contributed by atoms with Crippen molar-refractivity contribution in [2.75, 3.05) is 6.54 Å². The maximum absolute atomic E-state index is 13.9. The molecule has 2 heterocycles. The minimum Gasteiger partial charge on any atom is -0.478 e. The van der Waals surface area contributed by atoms with Gasteiger partial charge in [0, 0.05) is 37.1 Å². The van der Waals surface area contributed by atoms with Crippen molar-refractivity contribution in [3.63, 3.8) is 0 Å². The van der Waals surface area contributed by atoms with Gasteiger partial charge >= 0.3 is 12.1 Å². The molecular weight excluding hydrogens is 647 g/mol. The number of nitrogens with one attached hydrogen (secondary N) is 4. The number of aromatic nitrogens is 1. The molecule has 3 unspecified atom stereocenters. The van der Waals surface area contributed by atoms with Gasteiger partial charge in [0.1, 0.15) is 12.1 Å². The van der Waals surface area contributed by atoms with Crippen LogP contribution < -0.4 is 21.3 Å². The summed E-state index contributed by atoms with van der Waals surface area (Å²) in [5, 5.41) is 24.7. The lowest BCUT2D eigenvalue weighted by molar-refractivity contribution is -0.155. The topological polar surface area (TPSA) is 180 Å². The van der Waals surface area contributed by atoms with Gasteiger partial charge in [0.25, 0.3) is 5.91 Å². The summed E-state index contributed by atoms with van der Waals surface area (Å²) in [5.41, 5.74) is -0.0523. The minimum atomic E-state index is -4.89. The maximum Gasteiger partial charge on any atom is 0.452 e. The predicted molar refractivity (Wildman–Crippen MR) is 171 cm³/mol. The maximum atomic E-state index is 13.9. The largest absolute Gasteiger partial charge is 0.478 e. The molecule has 5 N–H and O–H groups in total. The number of carbonyl (C=O) groups is 5. The zero-order valence-corrected chi connectivity index (χ0v) is 26.9. The number of rotatable bonds is 14. The number of halogens is 3. The Kier molecular flexibility index (Phi) is 12.2. The standard InChI is InChI=1S/C34H38F3N5O7/c1-19(2)15-25(31(46)39-23(12-13-29(43)44)16-22-10-6-14-38-30(22)45)40-32(47)26(17-21-9-5-8-20-7-3-4-11-24(20)21)41-33(48)27-18-28(49-42-27)34(35,36)37/h3-5,7-9,11-13,18-19,22-23,25-26H,6,10,14-17H2,1-2H3,(H,38,45)(H,39,46)(H,40,47)(H,41,48)(H,43,44)/b13-12+/t22-,23?,25?,26?/m0/s1. The summed E-state index contributed by atoms with van der Waals surface area (Å²) in [4.78, 5) is 64.3. The van der Waals surface area contributed by atoms with E-state index in [-0.39, 0.29) is 31.1 Å². The monoisotopic (exact) mass is 685 g/mol. The van der Waals surface area contributed by atoms with Crippen LogP contribution in [0.5, 0.6) is 0 Å². The molecule has 262 valence electrons. The molecule has 1 aliphatic rings. The van der Waals surface area contributed by atoms with Crippen molar-refractivity contribution in [3.8, 4) is 0 Å². The molecule has 4 atom stereocenters. The number of piperidine rings is 1. The van der Waals surface area contributed by atoms with E-state index in [9.17, 15) is 42.3 Å². The lowest BCUT2D eigenvalue weighted by atomic mass is 9.91. The van der Waals surface area contributed by atoms with Gasteiger partial charge in [0.2, 0.25) is 23.5 Å². The molecule has 0 saturated carbocycles. The van der Waals surface area contributed by atoms with E-state index in [0.717, 1.165) is 23.3 Å². The average Bonchev–Trinajstić information content (AvgIpc) is 3.56. The third-order valence-corrected chi connectivity index (χ3v) is 8.02. The lowest BCUT2D eigenvalue weighted by Crippen LogP contribution is -2.56. The number of aliphatic carboxylic acids is 1. The van der Waals surface area contributed by atoms with Crippen molar-refractivity contribution in [2.45, 2.75) is 70.3 Å². The van der Waals surface area contributed by atoms with Crippen LogP contribution in [0.3, 0.4) is 0 Å². The summed E-state index contributed by atoms with van der Waals surface area (Å²) in [5.74, 6) is -6.08. The molecule has 1 fully saturated rings. The zero-order valence-electron chi connectivity index (χ0n) is 26.9. The highest BCUT2D eigenvalue weighted by atomic mass is 19.4. The molecule has 1 saturated heterocycles. The Morgan fingerprint density at radius 3 is 2.43 bits per heavy atom. The van der Waals surface area contributed by atoms with Crippen molar-refractivity contribution in [3.05, 3.63) is 77.7 Å². The van der Waals surface area contributed by atoms with Crippen molar-refractivity contribution < 1.29 is 46.8 Å². The Hall–Kier alpha value is -5.21. The summed E-state index contributed by atoms with van der Waals surface area (Å²) in [7, 11) is 0. The Labute approximate surface area is 279 Å². The van der Waals surface area contributed by atoms with Crippen LogP contribution in [0.4, 0.5) is 13.2 Å². The fourth-order valence-electron chi connectivity index (χ4n) is 5.66. The number of carbonyl (C=O) groups excluding carboxylic acids is 4. The van der Waals surface area contributed by atoms with Gasteiger partial charge in [-0.2, -0.15) is 13.2 Å². The summed E-state index contributed by atoms with van der Waals surface area (Å²) in [6, 6.07) is 9.69. The van der Waals surface area contributed by atoms with Gasteiger partial charge < -0.3 is 30.9 Å². The molecule has 0 radical (unpaired) electrons. The van der Waals surface area contributed by atoms with E-state index in [1.165, 1.54) is 6.08 Å². The fraction of sp³-hybridized carbons (Fsp3) is 0.412. The van der Waals surface area contributed by atoms with E-state index >= 15 is 0 Å². The van der Waals surface area contributed by atoms with Crippen LogP contribution in [0.25, 0.3) is 10.8 Å². The molecule has 12 nitrogen and oxygen atoms in total. The first kappa shape index (κ1) is 36.6. The van der Waals surface area contributed by atoms with Gasteiger partial charge in [-0.3, -0.25) is 19.2 Å². The zero-order chi connectivity index (χ0) is 35.7. The first-order valence-corrected chi connectivity index (χ1v) is 15.8. The highest BCUT2D eigenvalue weighted by Gasteiger charge is 2.37. The van der Waals surface area contributed by atoms with Gasteiger partial charge in [0.05, 0.1) is 0 Å². The number of alkyl halides is 3.